The van der Waals surface area contributed by atoms with Crippen molar-refractivity contribution in [3.63, 3.8) is 0 Å². The van der Waals surface area contributed by atoms with E-state index in [1.165, 1.54) is 6.07 Å². The van der Waals surface area contributed by atoms with Gasteiger partial charge in [-0.15, -0.1) is 0 Å². The van der Waals surface area contributed by atoms with Gasteiger partial charge in [0.05, 0.1) is 5.69 Å². The third-order valence-corrected chi connectivity index (χ3v) is 1.89. The Morgan fingerprint density at radius 1 is 1.31 bits per heavy atom. The Kier molecular flexibility index (Phi) is 1.59. The fourth-order valence-corrected chi connectivity index (χ4v) is 1.36. The number of nitrogen functional groups attached to an aromatic ring is 1. The zero-order valence-electron chi connectivity index (χ0n) is 7.20. The molecule has 0 atom stereocenters. The van der Waals surface area contributed by atoms with Gasteiger partial charge in [-0.25, -0.2) is 4.79 Å². The maximum atomic E-state index is 10.9. The van der Waals surface area contributed by atoms with Crippen LogP contribution in [0.15, 0.2) is 33.5 Å². The maximum Gasteiger partial charge on any atom is 0.336 e. The van der Waals surface area contributed by atoms with Crippen molar-refractivity contribution < 1.29 is 4.42 Å². The van der Waals surface area contributed by atoms with Gasteiger partial charge in [0.25, 0.3) is 0 Å². The minimum Gasteiger partial charge on any atom is -0.421 e. The van der Waals surface area contributed by atoms with Crippen molar-refractivity contribution in [2.75, 3.05) is 5.73 Å². The summed E-state index contributed by atoms with van der Waals surface area (Å²) in [6, 6.07) is 6.81. The molecule has 0 saturated heterocycles. The Bertz CT molecular complexity index is 514. The fraction of sp³-hybridized carbons (Fsp3) is 0.100. The van der Waals surface area contributed by atoms with Gasteiger partial charge in [-0.05, 0) is 30.7 Å². The normalized spacial score (nSPS) is 10.5. The van der Waals surface area contributed by atoms with Crippen LogP contribution in [0.3, 0.4) is 0 Å². The van der Waals surface area contributed by atoms with Gasteiger partial charge in [0, 0.05) is 11.5 Å². The standard InChI is InChI=1S/C10H9NO2/c1-6-4-7-2-3-9(12)13-10(7)8(11)5-6/h2-5H,11H2,1H3. The summed E-state index contributed by atoms with van der Waals surface area (Å²) in [5.74, 6) is 0. The first-order valence-electron chi connectivity index (χ1n) is 3.97. The molecule has 0 aliphatic heterocycles. The molecule has 0 spiro atoms. The summed E-state index contributed by atoms with van der Waals surface area (Å²) in [4.78, 5) is 10.9. The lowest BCUT2D eigenvalue weighted by molar-refractivity contribution is 0.562. The topological polar surface area (TPSA) is 56.2 Å². The van der Waals surface area contributed by atoms with Gasteiger partial charge >= 0.3 is 5.63 Å². The van der Waals surface area contributed by atoms with E-state index >= 15 is 0 Å². The highest BCUT2D eigenvalue weighted by Gasteiger charge is 2.01. The fourth-order valence-electron chi connectivity index (χ4n) is 1.36. The highest BCUT2D eigenvalue weighted by atomic mass is 16.4. The average Bonchev–Trinajstić information content (AvgIpc) is 2.06. The molecule has 1 aromatic carbocycles. The van der Waals surface area contributed by atoms with Crippen LogP contribution in [0.1, 0.15) is 5.56 Å². The molecular weight excluding hydrogens is 166 g/mol. The highest BCUT2D eigenvalue weighted by molar-refractivity contribution is 5.87. The Labute approximate surface area is 74.8 Å². The maximum absolute atomic E-state index is 10.9. The van der Waals surface area contributed by atoms with E-state index in [1.807, 2.05) is 13.0 Å². The summed E-state index contributed by atoms with van der Waals surface area (Å²) in [6.45, 7) is 1.95. The molecule has 2 rings (SSSR count). The van der Waals surface area contributed by atoms with Crippen LogP contribution in [-0.2, 0) is 0 Å². The molecule has 0 bridgehead atoms. The van der Waals surface area contributed by atoms with E-state index in [0.29, 0.717) is 11.3 Å². The molecule has 0 unspecified atom stereocenters. The molecule has 0 fully saturated rings. The van der Waals surface area contributed by atoms with Crippen LogP contribution >= 0.6 is 0 Å². The first-order valence-corrected chi connectivity index (χ1v) is 3.97. The van der Waals surface area contributed by atoms with Gasteiger partial charge in [0.2, 0.25) is 0 Å². The lowest BCUT2D eigenvalue weighted by Gasteiger charge is -2.00. The minimum absolute atomic E-state index is 0.372. The zero-order valence-corrected chi connectivity index (χ0v) is 7.20. The van der Waals surface area contributed by atoms with E-state index in [2.05, 4.69) is 0 Å². The van der Waals surface area contributed by atoms with E-state index in [9.17, 15) is 4.79 Å². The summed E-state index contributed by atoms with van der Waals surface area (Å²) in [5, 5.41) is 0.858. The smallest absolute Gasteiger partial charge is 0.336 e. The van der Waals surface area contributed by atoms with Crippen LogP contribution in [0.5, 0.6) is 0 Å². The second-order valence-corrected chi connectivity index (χ2v) is 3.03. The molecular formula is C10H9NO2. The quantitative estimate of drug-likeness (QED) is 0.489. The Hall–Kier alpha value is -1.77. The zero-order chi connectivity index (χ0) is 9.42. The molecule has 0 aliphatic rings. The lowest BCUT2D eigenvalue weighted by Crippen LogP contribution is -1.97. The summed E-state index contributed by atoms with van der Waals surface area (Å²) >= 11 is 0. The molecule has 3 nitrogen and oxygen atoms in total. The van der Waals surface area contributed by atoms with E-state index in [-0.39, 0.29) is 5.63 Å². The van der Waals surface area contributed by atoms with E-state index in [0.717, 1.165) is 10.9 Å². The van der Waals surface area contributed by atoms with Crippen molar-refractivity contribution in [3.05, 3.63) is 40.2 Å². The first-order chi connectivity index (χ1) is 6.16. The molecule has 13 heavy (non-hydrogen) atoms. The van der Waals surface area contributed by atoms with Crippen LogP contribution in [0.4, 0.5) is 5.69 Å². The van der Waals surface area contributed by atoms with Crippen LogP contribution < -0.4 is 11.4 Å². The number of benzene rings is 1. The molecule has 66 valence electrons. The largest absolute Gasteiger partial charge is 0.421 e. The monoisotopic (exact) mass is 175 g/mol. The highest BCUT2D eigenvalue weighted by Crippen LogP contribution is 2.20. The lowest BCUT2D eigenvalue weighted by atomic mass is 10.1. The Morgan fingerprint density at radius 3 is 2.85 bits per heavy atom. The van der Waals surface area contributed by atoms with Crippen molar-refractivity contribution in [3.8, 4) is 0 Å². The summed E-state index contributed by atoms with van der Waals surface area (Å²) in [6.07, 6.45) is 0. The number of anilines is 1. The number of fused-ring (bicyclic) bond motifs is 1. The molecule has 2 aromatic rings. The van der Waals surface area contributed by atoms with Crippen molar-refractivity contribution in [1.29, 1.82) is 0 Å². The van der Waals surface area contributed by atoms with Crippen LogP contribution in [0, 0.1) is 6.92 Å². The molecule has 0 amide bonds. The molecule has 3 heteroatoms. The van der Waals surface area contributed by atoms with Gasteiger partial charge in [-0.3, -0.25) is 0 Å². The summed E-state index contributed by atoms with van der Waals surface area (Å²) < 4.78 is 4.97. The van der Waals surface area contributed by atoms with Gasteiger partial charge in [0.1, 0.15) is 0 Å². The molecule has 2 N–H and O–H groups in total. The van der Waals surface area contributed by atoms with Gasteiger partial charge in [-0.2, -0.15) is 0 Å². The van der Waals surface area contributed by atoms with E-state index in [1.54, 1.807) is 12.1 Å². The number of rotatable bonds is 0. The number of hydrogen-bond donors (Lipinski definition) is 1. The summed E-state index contributed by atoms with van der Waals surface area (Å²) in [5.41, 5.74) is 7.35. The van der Waals surface area contributed by atoms with Crippen molar-refractivity contribution in [2.24, 2.45) is 0 Å². The van der Waals surface area contributed by atoms with Crippen LogP contribution in [0.2, 0.25) is 0 Å². The molecule has 1 aromatic heterocycles. The molecule has 0 aliphatic carbocycles. The third kappa shape index (κ3) is 1.28. The number of aryl methyl sites for hydroxylation is 1. The molecule has 0 radical (unpaired) electrons. The van der Waals surface area contributed by atoms with Gasteiger partial charge in [0.15, 0.2) is 5.58 Å². The predicted molar refractivity (Wildman–Crippen MR) is 51.6 cm³/mol. The Balaban J connectivity index is 2.95. The SMILES string of the molecule is Cc1cc(N)c2oc(=O)ccc2c1. The first kappa shape index (κ1) is 7.86. The van der Waals surface area contributed by atoms with Crippen LogP contribution in [0.25, 0.3) is 11.0 Å². The van der Waals surface area contributed by atoms with Crippen molar-refractivity contribution in [1.82, 2.24) is 0 Å². The number of nitrogens with two attached hydrogens (primary N) is 1. The second kappa shape index (κ2) is 2.62. The number of hydrogen-bond acceptors (Lipinski definition) is 3. The van der Waals surface area contributed by atoms with E-state index < -0.39 is 0 Å². The van der Waals surface area contributed by atoms with Crippen LogP contribution in [-0.4, -0.2) is 0 Å². The Morgan fingerprint density at radius 2 is 2.08 bits per heavy atom. The van der Waals surface area contributed by atoms with E-state index in [4.69, 9.17) is 10.2 Å². The second-order valence-electron chi connectivity index (χ2n) is 3.03. The summed E-state index contributed by atoms with van der Waals surface area (Å²) in [7, 11) is 0. The predicted octanol–water partition coefficient (Wildman–Crippen LogP) is 1.68. The third-order valence-electron chi connectivity index (χ3n) is 1.89. The van der Waals surface area contributed by atoms with Crippen molar-refractivity contribution >= 4 is 16.7 Å². The van der Waals surface area contributed by atoms with Gasteiger partial charge < -0.3 is 10.2 Å². The molecule has 1 heterocycles. The average molecular weight is 175 g/mol. The van der Waals surface area contributed by atoms with Gasteiger partial charge in [-0.1, -0.05) is 0 Å². The molecule has 0 saturated carbocycles. The van der Waals surface area contributed by atoms with Crippen molar-refractivity contribution in [2.45, 2.75) is 6.92 Å². The minimum atomic E-state index is -0.372.